The molecule has 3 heteroatoms. The molecule has 0 spiro atoms. The minimum atomic E-state index is -0.501. The van der Waals surface area contributed by atoms with Gasteiger partial charge in [0.05, 0.1) is 18.2 Å². The minimum absolute atomic E-state index is 0.238. The maximum absolute atomic E-state index is 11.8. The van der Waals surface area contributed by atoms with Crippen LogP contribution in [0, 0.1) is 0 Å². The molecule has 0 saturated heterocycles. The molecule has 1 aliphatic heterocycles. The van der Waals surface area contributed by atoms with Gasteiger partial charge in [0, 0.05) is 0 Å². The molecule has 16 heavy (non-hydrogen) atoms. The van der Waals surface area contributed by atoms with E-state index >= 15 is 0 Å². The molecular formula is C13H16O3. The number of hydrogen-bond donors (Lipinski definition) is 0. The number of fused-ring (bicyclic) bond motifs is 1. The average molecular weight is 220 g/mol. The number of carbonyl (C=O) groups is 1. The van der Waals surface area contributed by atoms with E-state index in [1.54, 1.807) is 13.2 Å². The van der Waals surface area contributed by atoms with E-state index in [2.05, 4.69) is 0 Å². The Balaban J connectivity index is 2.66. The Kier molecular flexibility index (Phi) is 2.62. The molecule has 0 radical (unpaired) electrons. The molecule has 0 fully saturated rings. The van der Waals surface area contributed by atoms with E-state index in [4.69, 9.17) is 9.47 Å². The summed E-state index contributed by atoms with van der Waals surface area (Å²) < 4.78 is 10.9. The van der Waals surface area contributed by atoms with Crippen molar-refractivity contribution >= 4 is 5.97 Å². The van der Waals surface area contributed by atoms with Crippen molar-refractivity contribution in [2.24, 2.45) is 0 Å². The Morgan fingerprint density at radius 2 is 2.00 bits per heavy atom. The van der Waals surface area contributed by atoms with Crippen LogP contribution in [0.5, 0.6) is 5.75 Å². The zero-order chi connectivity index (χ0) is 11.8. The van der Waals surface area contributed by atoms with E-state index in [9.17, 15) is 4.79 Å². The molecule has 1 heterocycles. The van der Waals surface area contributed by atoms with E-state index in [1.807, 2.05) is 26.0 Å². The van der Waals surface area contributed by atoms with Crippen LogP contribution in [0.4, 0.5) is 0 Å². The van der Waals surface area contributed by atoms with Crippen LogP contribution in [0.3, 0.4) is 0 Å². The summed E-state index contributed by atoms with van der Waals surface area (Å²) in [7, 11) is 1.62. The second-order valence-electron chi connectivity index (χ2n) is 3.97. The topological polar surface area (TPSA) is 35.5 Å². The third-order valence-corrected chi connectivity index (χ3v) is 3.35. The third-order valence-electron chi connectivity index (χ3n) is 3.35. The number of benzene rings is 1. The molecule has 86 valence electrons. The smallest absolute Gasteiger partial charge is 0.339 e. The third kappa shape index (κ3) is 1.31. The first-order valence-electron chi connectivity index (χ1n) is 5.59. The number of rotatable bonds is 3. The number of ether oxygens (including phenoxy) is 2. The van der Waals surface area contributed by atoms with Gasteiger partial charge in [0.15, 0.2) is 0 Å². The van der Waals surface area contributed by atoms with E-state index in [0.717, 1.165) is 24.2 Å². The van der Waals surface area contributed by atoms with Crippen molar-refractivity contribution in [3.05, 3.63) is 29.3 Å². The van der Waals surface area contributed by atoms with Gasteiger partial charge in [-0.3, -0.25) is 0 Å². The largest absolute Gasteiger partial charge is 0.496 e. The highest BCUT2D eigenvalue weighted by molar-refractivity contribution is 5.95. The zero-order valence-corrected chi connectivity index (χ0v) is 9.87. The van der Waals surface area contributed by atoms with E-state index in [1.165, 1.54) is 0 Å². The highest BCUT2D eigenvalue weighted by atomic mass is 16.6. The molecule has 3 nitrogen and oxygen atoms in total. The van der Waals surface area contributed by atoms with Gasteiger partial charge in [0.2, 0.25) is 0 Å². The fraction of sp³-hybridized carbons (Fsp3) is 0.462. The Morgan fingerprint density at radius 3 is 2.56 bits per heavy atom. The quantitative estimate of drug-likeness (QED) is 0.735. The van der Waals surface area contributed by atoms with Crippen molar-refractivity contribution in [1.82, 2.24) is 0 Å². The van der Waals surface area contributed by atoms with Crippen LogP contribution in [0.25, 0.3) is 0 Å². The lowest BCUT2D eigenvalue weighted by atomic mass is 9.87. The first-order valence-corrected chi connectivity index (χ1v) is 5.59. The summed E-state index contributed by atoms with van der Waals surface area (Å²) in [6, 6.07) is 5.49. The monoisotopic (exact) mass is 220 g/mol. The summed E-state index contributed by atoms with van der Waals surface area (Å²) >= 11 is 0. The predicted molar refractivity (Wildman–Crippen MR) is 60.7 cm³/mol. The van der Waals surface area contributed by atoms with Gasteiger partial charge in [-0.15, -0.1) is 0 Å². The predicted octanol–water partition coefficient (Wildman–Crippen LogP) is 2.88. The van der Waals surface area contributed by atoms with E-state index in [0.29, 0.717) is 5.56 Å². The summed E-state index contributed by atoms with van der Waals surface area (Å²) in [5.74, 6) is 0.504. The lowest BCUT2D eigenvalue weighted by Crippen LogP contribution is -2.24. The van der Waals surface area contributed by atoms with Crippen LogP contribution < -0.4 is 4.74 Å². The molecule has 0 aliphatic carbocycles. The van der Waals surface area contributed by atoms with Crippen molar-refractivity contribution in [2.75, 3.05) is 7.11 Å². The maximum Gasteiger partial charge on any atom is 0.339 e. The van der Waals surface area contributed by atoms with E-state index in [-0.39, 0.29) is 5.97 Å². The molecule has 0 N–H and O–H groups in total. The van der Waals surface area contributed by atoms with Gasteiger partial charge in [-0.25, -0.2) is 4.79 Å². The van der Waals surface area contributed by atoms with Gasteiger partial charge >= 0.3 is 5.97 Å². The Bertz CT molecular complexity index is 419. The normalized spacial score (nSPS) is 16.8. The molecule has 1 aromatic rings. The zero-order valence-electron chi connectivity index (χ0n) is 9.87. The average Bonchev–Trinajstić information content (AvgIpc) is 2.63. The Hall–Kier alpha value is -1.51. The van der Waals surface area contributed by atoms with Crippen LogP contribution in [0.2, 0.25) is 0 Å². The second kappa shape index (κ2) is 3.81. The van der Waals surface area contributed by atoms with E-state index < -0.39 is 5.60 Å². The minimum Gasteiger partial charge on any atom is -0.496 e. The highest BCUT2D eigenvalue weighted by Gasteiger charge is 2.45. The summed E-state index contributed by atoms with van der Waals surface area (Å²) in [6.45, 7) is 4.05. The van der Waals surface area contributed by atoms with Crippen molar-refractivity contribution in [3.63, 3.8) is 0 Å². The van der Waals surface area contributed by atoms with Crippen molar-refractivity contribution in [2.45, 2.75) is 32.3 Å². The molecule has 0 aromatic heterocycles. The summed E-state index contributed by atoms with van der Waals surface area (Å²) in [5.41, 5.74) is 1.05. The standard InChI is InChI=1S/C13H16O3/c1-4-13(5-2)11-9(12(14)16-13)7-6-8-10(11)15-3/h6-8H,4-5H2,1-3H3. The molecule has 1 aromatic carbocycles. The Morgan fingerprint density at radius 1 is 1.31 bits per heavy atom. The first kappa shape index (κ1) is 11.0. The van der Waals surface area contributed by atoms with Crippen LogP contribution in [-0.4, -0.2) is 13.1 Å². The molecule has 2 rings (SSSR count). The maximum atomic E-state index is 11.8. The van der Waals surface area contributed by atoms with Gasteiger partial charge in [0.1, 0.15) is 11.4 Å². The summed E-state index contributed by atoms with van der Waals surface area (Å²) in [4.78, 5) is 11.8. The second-order valence-corrected chi connectivity index (χ2v) is 3.97. The fourth-order valence-electron chi connectivity index (χ4n) is 2.37. The summed E-state index contributed by atoms with van der Waals surface area (Å²) in [6.07, 6.45) is 1.53. The summed E-state index contributed by atoms with van der Waals surface area (Å²) in [5, 5.41) is 0. The van der Waals surface area contributed by atoms with Crippen LogP contribution in [0.1, 0.15) is 42.6 Å². The highest BCUT2D eigenvalue weighted by Crippen LogP contribution is 2.46. The van der Waals surface area contributed by atoms with Crippen molar-refractivity contribution in [3.8, 4) is 5.75 Å². The van der Waals surface area contributed by atoms with Gasteiger partial charge in [-0.05, 0) is 25.0 Å². The molecule has 0 bridgehead atoms. The molecule has 0 atom stereocenters. The molecule has 0 unspecified atom stereocenters. The Labute approximate surface area is 95.4 Å². The molecule has 0 saturated carbocycles. The number of cyclic esters (lactones) is 1. The van der Waals surface area contributed by atoms with Crippen LogP contribution >= 0.6 is 0 Å². The van der Waals surface area contributed by atoms with Gasteiger partial charge in [0.25, 0.3) is 0 Å². The van der Waals surface area contributed by atoms with Gasteiger partial charge in [-0.2, -0.15) is 0 Å². The van der Waals surface area contributed by atoms with Crippen LogP contribution in [0.15, 0.2) is 18.2 Å². The molecule has 1 aliphatic rings. The number of carbonyl (C=O) groups excluding carboxylic acids is 1. The van der Waals surface area contributed by atoms with Gasteiger partial charge < -0.3 is 9.47 Å². The van der Waals surface area contributed by atoms with Crippen molar-refractivity contribution in [1.29, 1.82) is 0 Å². The number of hydrogen-bond acceptors (Lipinski definition) is 3. The molecular weight excluding hydrogens is 204 g/mol. The number of methoxy groups -OCH3 is 1. The lowest BCUT2D eigenvalue weighted by Gasteiger charge is -2.27. The van der Waals surface area contributed by atoms with Crippen molar-refractivity contribution < 1.29 is 14.3 Å². The van der Waals surface area contributed by atoms with Gasteiger partial charge in [-0.1, -0.05) is 19.9 Å². The lowest BCUT2D eigenvalue weighted by molar-refractivity contribution is -0.0133. The SMILES string of the molecule is CCC1(CC)OC(=O)c2cccc(OC)c21. The number of esters is 1. The fourth-order valence-corrected chi connectivity index (χ4v) is 2.37. The van der Waals surface area contributed by atoms with Crippen LogP contribution in [-0.2, 0) is 10.3 Å². The first-order chi connectivity index (χ1) is 7.68. The molecule has 0 amide bonds.